The molecule has 7 heteroatoms. The molecule has 0 atom stereocenters. The number of hydrogen-bond acceptors (Lipinski definition) is 6. The van der Waals surface area contributed by atoms with Gasteiger partial charge in [-0.05, 0) is 30.2 Å². The van der Waals surface area contributed by atoms with Gasteiger partial charge < -0.3 is 24.3 Å². The van der Waals surface area contributed by atoms with Crippen LogP contribution in [-0.2, 0) is 14.3 Å². The Morgan fingerprint density at radius 2 is 2.08 bits per heavy atom. The summed E-state index contributed by atoms with van der Waals surface area (Å²) in [5.41, 5.74) is 0.699. The van der Waals surface area contributed by atoms with E-state index in [2.05, 4.69) is 5.32 Å². The molecule has 2 rings (SSSR count). The molecule has 1 heterocycles. The standard InChI is InChI=1S/C18H23NO6/c1-3-4-7-19-16(20)12-25-17(21)6-5-13-10-14(22-2)18-15(11-13)23-8-9-24-18/h5-6,10-11H,3-4,7-9,12H2,1-2H3,(H,19,20)/b6-5+. The molecule has 0 aromatic heterocycles. The first-order valence-electron chi connectivity index (χ1n) is 8.23. The molecule has 1 amide bonds. The molecule has 1 aliphatic heterocycles. The SMILES string of the molecule is CCCCNC(=O)COC(=O)/C=C/c1cc(OC)c2c(c1)OCCO2. The van der Waals surface area contributed by atoms with Crippen molar-refractivity contribution in [2.75, 3.05) is 33.5 Å². The zero-order valence-electron chi connectivity index (χ0n) is 14.5. The predicted molar refractivity (Wildman–Crippen MR) is 91.9 cm³/mol. The third-order valence-electron chi connectivity index (χ3n) is 3.46. The Balaban J connectivity index is 1.90. The van der Waals surface area contributed by atoms with Crippen molar-refractivity contribution in [3.63, 3.8) is 0 Å². The predicted octanol–water partition coefficient (Wildman–Crippen LogP) is 1.94. The minimum atomic E-state index is -0.598. The first kappa shape index (κ1) is 18.6. The Kier molecular flexibility index (Phi) is 7.13. The summed E-state index contributed by atoms with van der Waals surface area (Å²) in [5, 5.41) is 2.67. The van der Waals surface area contributed by atoms with Crippen LogP contribution >= 0.6 is 0 Å². The number of benzene rings is 1. The molecule has 1 N–H and O–H groups in total. The van der Waals surface area contributed by atoms with Gasteiger partial charge in [0, 0.05) is 12.6 Å². The third-order valence-corrected chi connectivity index (χ3v) is 3.46. The van der Waals surface area contributed by atoms with Crippen molar-refractivity contribution >= 4 is 18.0 Å². The topological polar surface area (TPSA) is 83.1 Å². The van der Waals surface area contributed by atoms with Gasteiger partial charge in [-0.2, -0.15) is 0 Å². The van der Waals surface area contributed by atoms with E-state index in [0.29, 0.717) is 42.6 Å². The summed E-state index contributed by atoms with van der Waals surface area (Å²) >= 11 is 0. The Hall–Kier alpha value is -2.70. The van der Waals surface area contributed by atoms with Gasteiger partial charge in [0.25, 0.3) is 5.91 Å². The number of nitrogens with one attached hydrogen (secondary N) is 1. The summed E-state index contributed by atoms with van der Waals surface area (Å²) in [6, 6.07) is 3.48. The lowest BCUT2D eigenvalue weighted by atomic mass is 10.1. The average Bonchev–Trinajstić information content (AvgIpc) is 2.64. The van der Waals surface area contributed by atoms with Crippen molar-refractivity contribution in [2.45, 2.75) is 19.8 Å². The molecule has 0 saturated heterocycles. The van der Waals surface area contributed by atoms with Gasteiger partial charge in [0.15, 0.2) is 18.1 Å². The van der Waals surface area contributed by atoms with E-state index in [1.54, 1.807) is 18.2 Å². The minimum absolute atomic E-state index is 0.294. The maximum atomic E-state index is 11.7. The molecule has 7 nitrogen and oxygen atoms in total. The van der Waals surface area contributed by atoms with Crippen molar-refractivity contribution in [3.05, 3.63) is 23.8 Å². The van der Waals surface area contributed by atoms with Crippen LogP contribution in [0, 0.1) is 0 Å². The van der Waals surface area contributed by atoms with Crippen molar-refractivity contribution < 1.29 is 28.5 Å². The molecule has 1 aromatic rings. The molecule has 0 aliphatic carbocycles. The van der Waals surface area contributed by atoms with Crippen LogP contribution in [0.5, 0.6) is 17.2 Å². The summed E-state index contributed by atoms with van der Waals surface area (Å²) in [5.74, 6) is 0.738. The van der Waals surface area contributed by atoms with Crippen LogP contribution in [-0.4, -0.2) is 45.4 Å². The molecular formula is C18H23NO6. The maximum absolute atomic E-state index is 11.7. The zero-order chi connectivity index (χ0) is 18.1. The molecular weight excluding hydrogens is 326 g/mol. The van der Waals surface area contributed by atoms with E-state index in [1.807, 2.05) is 6.92 Å². The number of carbonyl (C=O) groups is 2. The van der Waals surface area contributed by atoms with E-state index < -0.39 is 5.97 Å². The molecule has 0 spiro atoms. The van der Waals surface area contributed by atoms with Crippen molar-refractivity contribution in [1.29, 1.82) is 0 Å². The first-order chi connectivity index (χ1) is 12.1. The lowest BCUT2D eigenvalue weighted by Gasteiger charge is -2.20. The van der Waals surface area contributed by atoms with Crippen LogP contribution in [0.3, 0.4) is 0 Å². The van der Waals surface area contributed by atoms with Crippen LogP contribution in [0.1, 0.15) is 25.3 Å². The molecule has 1 aliphatic rings. The monoisotopic (exact) mass is 349 g/mol. The van der Waals surface area contributed by atoms with Crippen molar-refractivity contribution in [3.8, 4) is 17.2 Å². The van der Waals surface area contributed by atoms with Crippen LogP contribution < -0.4 is 19.5 Å². The first-order valence-corrected chi connectivity index (χ1v) is 8.23. The second-order valence-corrected chi connectivity index (χ2v) is 5.39. The molecule has 0 fully saturated rings. The fourth-order valence-corrected chi connectivity index (χ4v) is 2.19. The number of methoxy groups -OCH3 is 1. The van der Waals surface area contributed by atoms with Crippen molar-refractivity contribution in [1.82, 2.24) is 5.32 Å². The Labute approximate surface area is 146 Å². The van der Waals surface area contributed by atoms with Crippen LogP contribution in [0.4, 0.5) is 0 Å². The number of ether oxygens (including phenoxy) is 4. The Morgan fingerprint density at radius 3 is 2.84 bits per heavy atom. The lowest BCUT2D eigenvalue weighted by Crippen LogP contribution is -2.29. The van der Waals surface area contributed by atoms with E-state index >= 15 is 0 Å². The lowest BCUT2D eigenvalue weighted by molar-refractivity contribution is -0.143. The van der Waals surface area contributed by atoms with Crippen molar-refractivity contribution in [2.24, 2.45) is 0 Å². The van der Waals surface area contributed by atoms with Crippen LogP contribution in [0.2, 0.25) is 0 Å². The Morgan fingerprint density at radius 1 is 1.28 bits per heavy atom. The van der Waals surface area contributed by atoms with Crippen LogP contribution in [0.15, 0.2) is 18.2 Å². The fourth-order valence-electron chi connectivity index (χ4n) is 2.19. The molecule has 0 saturated carbocycles. The smallest absolute Gasteiger partial charge is 0.331 e. The summed E-state index contributed by atoms with van der Waals surface area (Å²) in [6.45, 7) is 3.24. The molecule has 0 unspecified atom stereocenters. The van der Waals surface area contributed by atoms with Gasteiger partial charge in [-0.3, -0.25) is 4.79 Å². The number of carbonyl (C=O) groups excluding carboxylic acids is 2. The molecule has 0 radical (unpaired) electrons. The van der Waals surface area contributed by atoms with Gasteiger partial charge in [0.1, 0.15) is 13.2 Å². The highest BCUT2D eigenvalue weighted by molar-refractivity contribution is 5.89. The van der Waals surface area contributed by atoms with Crippen LogP contribution in [0.25, 0.3) is 6.08 Å². The van der Waals surface area contributed by atoms with Gasteiger partial charge in [0.05, 0.1) is 7.11 Å². The van der Waals surface area contributed by atoms with E-state index in [-0.39, 0.29) is 12.5 Å². The maximum Gasteiger partial charge on any atom is 0.331 e. The highest BCUT2D eigenvalue weighted by atomic mass is 16.6. The molecule has 136 valence electrons. The second kappa shape index (κ2) is 9.56. The van der Waals surface area contributed by atoms with E-state index in [0.717, 1.165) is 12.8 Å². The summed E-state index contributed by atoms with van der Waals surface area (Å²) in [7, 11) is 1.53. The van der Waals surface area contributed by atoms with E-state index in [1.165, 1.54) is 13.2 Å². The number of amides is 1. The number of fused-ring (bicyclic) bond motifs is 1. The van der Waals surface area contributed by atoms with Gasteiger partial charge in [0.2, 0.25) is 5.75 Å². The number of hydrogen-bond donors (Lipinski definition) is 1. The largest absolute Gasteiger partial charge is 0.493 e. The number of unbranched alkanes of at least 4 members (excludes halogenated alkanes) is 1. The highest BCUT2D eigenvalue weighted by Gasteiger charge is 2.17. The Bertz CT molecular complexity index is 623. The number of esters is 1. The highest BCUT2D eigenvalue weighted by Crippen LogP contribution is 2.40. The summed E-state index contributed by atoms with van der Waals surface area (Å²) in [4.78, 5) is 23.2. The molecule has 25 heavy (non-hydrogen) atoms. The second-order valence-electron chi connectivity index (χ2n) is 5.39. The average molecular weight is 349 g/mol. The molecule has 0 bridgehead atoms. The van der Waals surface area contributed by atoms with Gasteiger partial charge in [-0.1, -0.05) is 13.3 Å². The zero-order valence-corrected chi connectivity index (χ0v) is 14.5. The molecule has 1 aromatic carbocycles. The normalized spacial score (nSPS) is 12.7. The number of rotatable bonds is 8. The summed E-state index contributed by atoms with van der Waals surface area (Å²) < 4.78 is 21.2. The van der Waals surface area contributed by atoms with E-state index in [9.17, 15) is 9.59 Å². The minimum Gasteiger partial charge on any atom is -0.493 e. The quantitative estimate of drug-likeness (QED) is 0.439. The van der Waals surface area contributed by atoms with E-state index in [4.69, 9.17) is 18.9 Å². The fraction of sp³-hybridized carbons (Fsp3) is 0.444. The van der Waals surface area contributed by atoms with Gasteiger partial charge >= 0.3 is 5.97 Å². The van der Waals surface area contributed by atoms with Gasteiger partial charge in [-0.15, -0.1) is 0 Å². The van der Waals surface area contributed by atoms with Gasteiger partial charge in [-0.25, -0.2) is 4.79 Å². The third kappa shape index (κ3) is 5.70. The summed E-state index contributed by atoms with van der Waals surface area (Å²) in [6.07, 6.45) is 4.70.